The molecule has 0 N–H and O–H groups in total. The average molecular weight is 615 g/mol. The molecule has 0 unspecified atom stereocenters. The number of fused-ring (bicyclic) bond motifs is 5. The van der Waals surface area contributed by atoms with Crippen molar-refractivity contribution in [1.82, 2.24) is 29.9 Å². The summed E-state index contributed by atoms with van der Waals surface area (Å²) >= 11 is 0. The molecule has 0 amide bonds. The second-order valence-electron chi connectivity index (χ2n) is 11.6. The van der Waals surface area contributed by atoms with E-state index < -0.39 is 0 Å². The third-order valence-electron chi connectivity index (χ3n) is 8.65. The van der Waals surface area contributed by atoms with Crippen molar-refractivity contribution in [2.24, 2.45) is 0 Å². The molecule has 4 heterocycles. The summed E-state index contributed by atoms with van der Waals surface area (Å²) in [7, 11) is 0. The van der Waals surface area contributed by atoms with E-state index in [1.165, 1.54) is 21.5 Å². The second kappa shape index (κ2) is 11.6. The second-order valence-corrected chi connectivity index (χ2v) is 11.6. The van der Waals surface area contributed by atoms with Crippen LogP contribution < -0.4 is 0 Å². The molecule has 0 radical (unpaired) electrons. The third kappa shape index (κ3) is 4.93. The van der Waals surface area contributed by atoms with Crippen LogP contribution in [0.25, 0.3) is 89.3 Å². The van der Waals surface area contributed by atoms with Gasteiger partial charge in [-0.1, -0.05) is 115 Å². The molecule has 5 aromatic carbocycles. The molecule has 0 fully saturated rings. The van der Waals surface area contributed by atoms with Crippen molar-refractivity contribution in [2.45, 2.75) is 0 Å². The minimum atomic E-state index is 0.503. The number of para-hydroxylation sites is 1. The van der Waals surface area contributed by atoms with Crippen molar-refractivity contribution in [1.29, 1.82) is 0 Å². The van der Waals surface area contributed by atoms with E-state index in [1.807, 2.05) is 48.5 Å². The Morgan fingerprint density at radius 2 is 0.875 bits per heavy atom. The van der Waals surface area contributed by atoms with E-state index in [9.17, 15) is 0 Å². The molecule has 0 aliphatic heterocycles. The molecule has 0 saturated heterocycles. The fourth-order valence-electron chi connectivity index (χ4n) is 6.30. The lowest BCUT2D eigenvalue weighted by Gasteiger charge is -2.13. The van der Waals surface area contributed by atoms with Crippen LogP contribution in [0.3, 0.4) is 0 Å². The predicted molar refractivity (Wildman–Crippen MR) is 193 cm³/mol. The SMILES string of the molecule is c1ccc(-c2nc(-c3ccc(-c4ccc(-c5nc6ccccc6c6c5ccc5ccccc56)cc4)cc3)nc(-c3ccccn3)n2)nc1. The van der Waals surface area contributed by atoms with E-state index in [4.69, 9.17) is 19.9 Å². The summed E-state index contributed by atoms with van der Waals surface area (Å²) in [5.41, 5.74) is 7.50. The smallest absolute Gasteiger partial charge is 0.182 e. The van der Waals surface area contributed by atoms with Crippen LogP contribution in [0.1, 0.15) is 0 Å². The zero-order valence-corrected chi connectivity index (χ0v) is 25.7. The summed E-state index contributed by atoms with van der Waals surface area (Å²) in [6.07, 6.45) is 3.47. The fourth-order valence-corrected chi connectivity index (χ4v) is 6.30. The molecule has 9 rings (SSSR count). The highest BCUT2D eigenvalue weighted by Gasteiger charge is 2.15. The van der Waals surface area contributed by atoms with Gasteiger partial charge in [-0.05, 0) is 52.2 Å². The molecular weight excluding hydrogens is 589 g/mol. The molecule has 9 aromatic rings. The first-order valence-electron chi connectivity index (χ1n) is 15.8. The molecule has 4 aromatic heterocycles. The van der Waals surface area contributed by atoms with Gasteiger partial charge < -0.3 is 0 Å². The van der Waals surface area contributed by atoms with Crippen LogP contribution in [0.4, 0.5) is 0 Å². The van der Waals surface area contributed by atoms with E-state index in [-0.39, 0.29) is 0 Å². The number of rotatable bonds is 5. The Kier molecular flexibility index (Phi) is 6.68. The largest absolute Gasteiger partial charge is 0.253 e. The lowest BCUT2D eigenvalue weighted by molar-refractivity contribution is 1.05. The van der Waals surface area contributed by atoms with Crippen molar-refractivity contribution in [3.63, 3.8) is 0 Å². The predicted octanol–water partition coefficient (Wildman–Crippen LogP) is 9.85. The summed E-state index contributed by atoms with van der Waals surface area (Å²) in [5.74, 6) is 1.57. The number of hydrogen-bond donors (Lipinski definition) is 0. The van der Waals surface area contributed by atoms with Crippen molar-refractivity contribution in [2.75, 3.05) is 0 Å². The highest BCUT2D eigenvalue weighted by molar-refractivity contribution is 6.22. The Morgan fingerprint density at radius 3 is 1.52 bits per heavy atom. The van der Waals surface area contributed by atoms with Crippen LogP contribution in [-0.4, -0.2) is 29.9 Å². The maximum absolute atomic E-state index is 5.16. The summed E-state index contributed by atoms with van der Waals surface area (Å²) in [4.78, 5) is 28.4. The van der Waals surface area contributed by atoms with Crippen molar-refractivity contribution in [3.05, 3.63) is 158 Å². The van der Waals surface area contributed by atoms with Gasteiger partial charge in [-0.3, -0.25) is 9.97 Å². The number of aromatic nitrogens is 6. The summed E-state index contributed by atoms with van der Waals surface area (Å²) in [6, 6.07) is 49.7. The summed E-state index contributed by atoms with van der Waals surface area (Å²) < 4.78 is 0. The van der Waals surface area contributed by atoms with Gasteiger partial charge in [0, 0.05) is 39.7 Å². The number of pyridine rings is 3. The summed E-state index contributed by atoms with van der Waals surface area (Å²) in [6.45, 7) is 0. The van der Waals surface area contributed by atoms with Gasteiger partial charge in [-0.15, -0.1) is 0 Å². The molecule has 0 spiro atoms. The van der Waals surface area contributed by atoms with Crippen molar-refractivity contribution < 1.29 is 0 Å². The molecular formula is C42H26N6. The fraction of sp³-hybridized carbons (Fsp3) is 0. The molecule has 0 aliphatic rings. The third-order valence-corrected chi connectivity index (χ3v) is 8.65. The van der Waals surface area contributed by atoms with E-state index in [0.717, 1.165) is 38.9 Å². The maximum atomic E-state index is 5.16. The van der Waals surface area contributed by atoms with Gasteiger partial charge in [0.05, 0.1) is 11.2 Å². The van der Waals surface area contributed by atoms with Crippen molar-refractivity contribution >= 4 is 32.4 Å². The lowest BCUT2D eigenvalue weighted by atomic mass is 9.94. The normalized spacial score (nSPS) is 11.3. The molecule has 0 atom stereocenters. The average Bonchev–Trinajstić information content (AvgIpc) is 3.18. The van der Waals surface area contributed by atoms with Gasteiger partial charge in [-0.2, -0.15) is 0 Å². The van der Waals surface area contributed by atoms with E-state index >= 15 is 0 Å². The maximum Gasteiger partial charge on any atom is 0.182 e. The highest BCUT2D eigenvalue weighted by atomic mass is 15.1. The van der Waals surface area contributed by atoms with E-state index in [0.29, 0.717) is 28.9 Å². The molecule has 224 valence electrons. The lowest BCUT2D eigenvalue weighted by Crippen LogP contribution is -2.01. The standard InChI is InChI=1S/C42H26N6/c1-2-10-32-29(9-1)23-24-34-38(32)33-11-3-4-12-35(33)45-39(34)30-19-15-27(16-20-30)28-17-21-31(22-18-28)40-46-41(36-13-5-7-25-43-36)48-42(47-40)37-14-6-8-26-44-37/h1-26H. The monoisotopic (exact) mass is 614 g/mol. The topological polar surface area (TPSA) is 77.3 Å². The van der Waals surface area contributed by atoms with Gasteiger partial charge in [0.2, 0.25) is 0 Å². The van der Waals surface area contributed by atoms with Gasteiger partial charge >= 0.3 is 0 Å². The Balaban J connectivity index is 1.08. The van der Waals surface area contributed by atoms with E-state index in [2.05, 4.69) is 107 Å². The minimum Gasteiger partial charge on any atom is -0.253 e. The highest BCUT2D eigenvalue weighted by Crippen LogP contribution is 2.37. The van der Waals surface area contributed by atoms with Crippen LogP contribution in [0.2, 0.25) is 0 Å². The Bertz CT molecular complexity index is 2510. The van der Waals surface area contributed by atoms with E-state index in [1.54, 1.807) is 12.4 Å². The Hall–Kier alpha value is -6.66. The van der Waals surface area contributed by atoms with Crippen LogP contribution in [-0.2, 0) is 0 Å². The molecule has 0 aliphatic carbocycles. The van der Waals surface area contributed by atoms with Gasteiger partial charge in [0.25, 0.3) is 0 Å². The first-order chi connectivity index (χ1) is 23.8. The molecule has 0 bridgehead atoms. The first kappa shape index (κ1) is 27.6. The van der Waals surface area contributed by atoms with Crippen LogP contribution in [0.5, 0.6) is 0 Å². The number of nitrogens with zero attached hydrogens (tertiary/aromatic N) is 6. The van der Waals surface area contributed by atoms with Crippen LogP contribution >= 0.6 is 0 Å². The summed E-state index contributed by atoms with van der Waals surface area (Å²) in [5, 5.41) is 6.02. The minimum absolute atomic E-state index is 0.503. The molecule has 6 heteroatoms. The first-order valence-corrected chi connectivity index (χ1v) is 15.8. The molecule has 6 nitrogen and oxygen atoms in total. The zero-order chi connectivity index (χ0) is 31.9. The zero-order valence-electron chi connectivity index (χ0n) is 25.7. The Labute approximate surface area is 276 Å². The quantitative estimate of drug-likeness (QED) is 0.180. The van der Waals surface area contributed by atoms with Gasteiger partial charge in [0.1, 0.15) is 11.4 Å². The van der Waals surface area contributed by atoms with Crippen molar-refractivity contribution in [3.8, 4) is 56.8 Å². The molecule has 48 heavy (non-hydrogen) atoms. The van der Waals surface area contributed by atoms with Gasteiger partial charge in [0.15, 0.2) is 17.5 Å². The number of hydrogen-bond acceptors (Lipinski definition) is 6. The van der Waals surface area contributed by atoms with Crippen LogP contribution in [0, 0.1) is 0 Å². The van der Waals surface area contributed by atoms with Gasteiger partial charge in [-0.25, -0.2) is 19.9 Å². The Morgan fingerprint density at radius 1 is 0.333 bits per heavy atom. The number of benzene rings is 5. The van der Waals surface area contributed by atoms with Crippen LogP contribution in [0.15, 0.2) is 158 Å². The molecule has 0 saturated carbocycles.